The molecule has 7 nitrogen and oxygen atoms in total. The molecular formula is C26H21N3O4. The van der Waals surface area contributed by atoms with Crippen LogP contribution in [0.25, 0.3) is 0 Å². The van der Waals surface area contributed by atoms with E-state index in [1.807, 2.05) is 12.1 Å². The second-order valence-corrected chi connectivity index (χ2v) is 7.64. The van der Waals surface area contributed by atoms with Crippen molar-refractivity contribution in [3.8, 4) is 11.8 Å². The third kappa shape index (κ3) is 4.60. The summed E-state index contributed by atoms with van der Waals surface area (Å²) in [5.41, 5.74) is 2.73. The number of benzene rings is 3. The molecule has 1 aliphatic heterocycles. The molecule has 4 rings (SSSR count). The molecule has 0 saturated carbocycles. The van der Waals surface area contributed by atoms with Crippen LogP contribution in [0.1, 0.15) is 44.3 Å². The lowest BCUT2D eigenvalue weighted by Gasteiger charge is -2.21. The number of amides is 2. The quantitative estimate of drug-likeness (QED) is 0.533. The number of fused-ring (bicyclic) bond motifs is 1. The molecule has 7 heteroatoms. The highest BCUT2D eigenvalue weighted by atomic mass is 16.5. The number of nitriles is 1. The van der Waals surface area contributed by atoms with Gasteiger partial charge in [0.25, 0.3) is 11.8 Å². The molecular weight excluding hydrogens is 418 g/mol. The van der Waals surface area contributed by atoms with Crippen molar-refractivity contribution in [3.63, 3.8) is 0 Å². The number of imide groups is 1. The third-order valence-electron chi connectivity index (χ3n) is 5.52. The Morgan fingerprint density at radius 2 is 1.58 bits per heavy atom. The van der Waals surface area contributed by atoms with Gasteiger partial charge < -0.3 is 10.1 Å². The van der Waals surface area contributed by atoms with Crippen LogP contribution < -0.4 is 10.1 Å². The summed E-state index contributed by atoms with van der Waals surface area (Å²) in [7, 11) is 1.58. The monoisotopic (exact) mass is 439 g/mol. The largest absolute Gasteiger partial charge is 0.497 e. The summed E-state index contributed by atoms with van der Waals surface area (Å²) in [5, 5.41) is 12.4. The summed E-state index contributed by atoms with van der Waals surface area (Å²) in [6.45, 7) is -0.302. The van der Waals surface area contributed by atoms with Crippen LogP contribution >= 0.6 is 0 Å². The zero-order valence-electron chi connectivity index (χ0n) is 17.9. The zero-order valence-corrected chi connectivity index (χ0v) is 17.9. The summed E-state index contributed by atoms with van der Waals surface area (Å²) in [4.78, 5) is 39.2. The molecule has 0 fully saturated rings. The number of nitrogens with zero attached hydrogens (tertiary/aromatic N) is 2. The first-order valence-corrected chi connectivity index (χ1v) is 10.4. The average molecular weight is 439 g/mol. The molecule has 0 radical (unpaired) electrons. The van der Waals surface area contributed by atoms with Crippen LogP contribution in [-0.2, 0) is 4.79 Å². The van der Waals surface area contributed by atoms with E-state index in [0.717, 1.165) is 16.2 Å². The molecule has 0 aliphatic carbocycles. The van der Waals surface area contributed by atoms with Crippen LogP contribution in [0.5, 0.6) is 5.75 Å². The van der Waals surface area contributed by atoms with E-state index in [-0.39, 0.29) is 18.7 Å². The number of ether oxygens (including phenoxy) is 1. The first kappa shape index (κ1) is 21.8. The number of carbonyl (C=O) groups excluding carboxylic acids is 3. The van der Waals surface area contributed by atoms with E-state index in [0.29, 0.717) is 22.4 Å². The maximum Gasteiger partial charge on any atom is 0.261 e. The van der Waals surface area contributed by atoms with E-state index in [1.165, 1.54) is 0 Å². The normalized spacial score (nSPS) is 13.3. The first-order chi connectivity index (χ1) is 16.0. The van der Waals surface area contributed by atoms with Gasteiger partial charge in [0.1, 0.15) is 5.75 Å². The molecule has 1 heterocycles. The number of nitrogens with one attached hydrogen (secondary N) is 1. The number of anilines is 1. The number of carbonyl (C=O) groups is 3. The predicted octanol–water partition coefficient (Wildman–Crippen LogP) is 3.98. The summed E-state index contributed by atoms with van der Waals surface area (Å²) in [6, 6.07) is 22.4. The molecule has 0 saturated heterocycles. The lowest BCUT2D eigenvalue weighted by atomic mass is 9.99. The molecule has 0 unspecified atom stereocenters. The van der Waals surface area contributed by atoms with Crippen LogP contribution in [0, 0.1) is 11.3 Å². The zero-order chi connectivity index (χ0) is 23.4. The Morgan fingerprint density at radius 1 is 0.970 bits per heavy atom. The molecule has 33 heavy (non-hydrogen) atoms. The minimum absolute atomic E-state index is 0.0470. The highest BCUT2D eigenvalue weighted by Crippen LogP contribution is 2.27. The van der Waals surface area contributed by atoms with Gasteiger partial charge in [-0.1, -0.05) is 24.3 Å². The Kier molecular flexibility index (Phi) is 6.18. The Morgan fingerprint density at radius 3 is 2.12 bits per heavy atom. The van der Waals surface area contributed by atoms with Gasteiger partial charge in [-0.3, -0.25) is 19.3 Å². The Bertz CT molecular complexity index is 1210. The average Bonchev–Trinajstić information content (AvgIpc) is 3.09. The molecule has 1 atom stereocenters. The Hall–Kier alpha value is -4.44. The minimum Gasteiger partial charge on any atom is -0.497 e. The standard InChI is InChI=1S/C26H21N3O4/c1-33-21-12-10-19(11-13-21)28-24(18-8-6-17(15-27)7-9-18)14-20(30)16-29-25(31)22-4-2-3-5-23(22)26(29)32/h2-13,24,28H,14,16H2,1H3/t24-/m0/s1. The minimum atomic E-state index is -0.456. The van der Waals surface area contributed by atoms with Crippen LogP contribution in [0.3, 0.4) is 0 Å². The van der Waals surface area contributed by atoms with Gasteiger partial charge in [-0.05, 0) is 54.1 Å². The fourth-order valence-corrected chi connectivity index (χ4v) is 3.78. The van der Waals surface area contributed by atoms with E-state index in [1.54, 1.807) is 67.8 Å². The number of methoxy groups -OCH3 is 1. The van der Waals surface area contributed by atoms with Gasteiger partial charge in [0, 0.05) is 12.1 Å². The Labute approximate surface area is 191 Å². The van der Waals surface area contributed by atoms with E-state index in [9.17, 15) is 14.4 Å². The van der Waals surface area contributed by atoms with Crippen molar-refractivity contribution < 1.29 is 19.1 Å². The summed E-state index contributed by atoms with van der Waals surface area (Å²) >= 11 is 0. The molecule has 1 aliphatic rings. The second-order valence-electron chi connectivity index (χ2n) is 7.64. The summed E-state index contributed by atoms with van der Waals surface area (Å²) in [6.07, 6.45) is 0.0470. The maximum absolute atomic E-state index is 13.0. The molecule has 164 valence electrons. The number of Topliss-reactive ketones (excluding diaryl/α,β-unsaturated/α-hetero) is 1. The van der Waals surface area contributed by atoms with E-state index in [2.05, 4.69) is 11.4 Å². The van der Waals surface area contributed by atoms with Gasteiger partial charge in [0.05, 0.1) is 42.5 Å². The van der Waals surface area contributed by atoms with Crippen molar-refractivity contribution >= 4 is 23.3 Å². The lowest BCUT2D eigenvalue weighted by molar-refractivity contribution is -0.119. The van der Waals surface area contributed by atoms with Crippen molar-refractivity contribution in [1.29, 1.82) is 5.26 Å². The molecule has 3 aromatic rings. The van der Waals surface area contributed by atoms with Gasteiger partial charge in [0.2, 0.25) is 0 Å². The third-order valence-corrected chi connectivity index (χ3v) is 5.52. The van der Waals surface area contributed by atoms with E-state index < -0.39 is 17.9 Å². The van der Waals surface area contributed by atoms with E-state index >= 15 is 0 Å². The first-order valence-electron chi connectivity index (χ1n) is 10.4. The SMILES string of the molecule is COc1ccc(N[C@@H](CC(=O)CN2C(=O)c3ccccc3C2=O)c2ccc(C#N)cc2)cc1. The number of rotatable bonds is 8. The van der Waals surface area contributed by atoms with Crippen LogP contribution in [-0.4, -0.2) is 36.2 Å². The smallest absolute Gasteiger partial charge is 0.261 e. The van der Waals surface area contributed by atoms with E-state index in [4.69, 9.17) is 10.00 Å². The molecule has 0 aromatic heterocycles. The topological polar surface area (TPSA) is 99.5 Å². The number of hydrogen-bond acceptors (Lipinski definition) is 6. The van der Waals surface area contributed by atoms with Gasteiger partial charge in [0.15, 0.2) is 5.78 Å². The van der Waals surface area contributed by atoms with Crippen molar-refractivity contribution in [1.82, 2.24) is 4.90 Å². The Balaban J connectivity index is 1.52. The number of ketones is 1. The van der Waals surface area contributed by atoms with Gasteiger partial charge >= 0.3 is 0 Å². The summed E-state index contributed by atoms with van der Waals surface area (Å²) in [5.74, 6) is -0.471. The molecule has 3 aromatic carbocycles. The molecule has 2 amide bonds. The maximum atomic E-state index is 13.0. The van der Waals surface area contributed by atoms with Gasteiger partial charge in [-0.2, -0.15) is 5.26 Å². The van der Waals surface area contributed by atoms with Crippen molar-refractivity contribution in [2.75, 3.05) is 19.0 Å². The van der Waals surface area contributed by atoms with Crippen LogP contribution in [0.2, 0.25) is 0 Å². The fourth-order valence-electron chi connectivity index (χ4n) is 3.78. The van der Waals surface area contributed by atoms with Crippen LogP contribution in [0.15, 0.2) is 72.8 Å². The molecule has 0 bridgehead atoms. The van der Waals surface area contributed by atoms with Gasteiger partial charge in [-0.25, -0.2) is 0 Å². The highest BCUT2D eigenvalue weighted by Gasteiger charge is 2.36. The molecule has 1 N–H and O–H groups in total. The lowest BCUT2D eigenvalue weighted by Crippen LogP contribution is -2.35. The van der Waals surface area contributed by atoms with Crippen LogP contribution in [0.4, 0.5) is 5.69 Å². The molecule has 0 spiro atoms. The van der Waals surface area contributed by atoms with Crippen molar-refractivity contribution in [2.45, 2.75) is 12.5 Å². The second kappa shape index (κ2) is 9.37. The van der Waals surface area contributed by atoms with Gasteiger partial charge in [-0.15, -0.1) is 0 Å². The summed E-state index contributed by atoms with van der Waals surface area (Å²) < 4.78 is 5.19. The van der Waals surface area contributed by atoms with Crippen molar-refractivity contribution in [3.05, 3.63) is 95.1 Å². The fraction of sp³-hybridized carbons (Fsp3) is 0.154. The predicted molar refractivity (Wildman–Crippen MR) is 122 cm³/mol. The highest BCUT2D eigenvalue weighted by molar-refractivity contribution is 6.22. The number of hydrogen-bond donors (Lipinski definition) is 1. The van der Waals surface area contributed by atoms with Crippen molar-refractivity contribution in [2.24, 2.45) is 0 Å².